The van der Waals surface area contributed by atoms with Crippen molar-refractivity contribution in [3.05, 3.63) is 47.0 Å². The highest BCUT2D eigenvalue weighted by molar-refractivity contribution is 5.95. The van der Waals surface area contributed by atoms with Crippen LogP contribution in [0.2, 0.25) is 0 Å². The topological polar surface area (TPSA) is 60.2 Å². The van der Waals surface area contributed by atoms with Gasteiger partial charge in [-0.2, -0.15) is 5.10 Å². The Labute approximate surface area is 129 Å². The quantitative estimate of drug-likeness (QED) is 0.846. The van der Waals surface area contributed by atoms with E-state index < -0.39 is 0 Å². The van der Waals surface area contributed by atoms with Gasteiger partial charge in [-0.1, -0.05) is 0 Å². The molecule has 0 spiro atoms. The third-order valence-electron chi connectivity index (χ3n) is 3.89. The van der Waals surface area contributed by atoms with Gasteiger partial charge in [0.15, 0.2) is 0 Å². The zero-order valence-corrected chi connectivity index (χ0v) is 13.1. The Morgan fingerprint density at radius 1 is 1.41 bits per heavy atom. The Kier molecular flexibility index (Phi) is 3.94. The molecule has 1 fully saturated rings. The molecule has 1 aliphatic rings. The highest BCUT2D eigenvalue weighted by Gasteiger charge is 2.27. The fourth-order valence-electron chi connectivity index (χ4n) is 2.78. The summed E-state index contributed by atoms with van der Waals surface area (Å²) in [6.07, 6.45) is 3.45. The Morgan fingerprint density at radius 3 is 2.91 bits per heavy atom. The third kappa shape index (κ3) is 2.87. The van der Waals surface area contributed by atoms with Crippen LogP contribution in [-0.2, 0) is 11.8 Å². The van der Waals surface area contributed by atoms with Crippen molar-refractivity contribution >= 4 is 5.91 Å². The number of nitrogens with zero attached hydrogens (tertiary/aromatic N) is 4. The molecule has 0 aliphatic carbocycles. The number of rotatable bonds is 2. The number of aryl methyl sites for hydroxylation is 3. The van der Waals surface area contributed by atoms with Crippen molar-refractivity contribution in [1.29, 1.82) is 0 Å². The molecule has 1 amide bonds. The number of carbonyl (C=O) groups is 1. The van der Waals surface area contributed by atoms with Gasteiger partial charge in [-0.05, 0) is 31.5 Å². The van der Waals surface area contributed by atoms with Gasteiger partial charge in [0.05, 0.1) is 24.4 Å². The largest absolute Gasteiger partial charge is 0.370 e. The van der Waals surface area contributed by atoms with Crippen LogP contribution in [0.4, 0.5) is 0 Å². The minimum absolute atomic E-state index is 0.0182. The molecule has 0 aromatic carbocycles. The lowest BCUT2D eigenvalue weighted by atomic mass is 10.1. The summed E-state index contributed by atoms with van der Waals surface area (Å²) < 4.78 is 7.50. The van der Waals surface area contributed by atoms with Gasteiger partial charge < -0.3 is 9.64 Å². The first-order chi connectivity index (χ1) is 10.5. The minimum atomic E-state index is -0.101. The smallest absolute Gasteiger partial charge is 0.257 e. The van der Waals surface area contributed by atoms with Crippen LogP contribution in [0.3, 0.4) is 0 Å². The Hall–Kier alpha value is -2.21. The van der Waals surface area contributed by atoms with E-state index in [0.29, 0.717) is 25.3 Å². The number of amides is 1. The molecule has 3 heterocycles. The van der Waals surface area contributed by atoms with Gasteiger partial charge in [-0.25, -0.2) is 0 Å². The Balaban J connectivity index is 1.78. The lowest BCUT2D eigenvalue weighted by Crippen LogP contribution is -2.42. The summed E-state index contributed by atoms with van der Waals surface area (Å²) in [7, 11) is 1.83. The van der Waals surface area contributed by atoms with Gasteiger partial charge in [0.25, 0.3) is 5.91 Å². The SMILES string of the molecule is Cc1cc(C2CN(C(=O)c3cn(C)nc3C)CCO2)ccn1. The van der Waals surface area contributed by atoms with Crippen molar-refractivity contribution in [1.82, 2.24) is 19.7 Å². The fraction of sp³-hybridized carbons (Fsp3) is 0.438. The maximum absolute atomic E-state index is 12.7. The second kappa shape index (κ2) is 5.88. The van der Waals surface area contributed by atoms with Crippen molar-refractivity contribution in [2.45, 2.75) is 20.0 Å². The van der Waals surface area contributed by atoms with E-state index in [4.69, 9.17) is 4.74 Å². The van der Waals surface area contributed by atoms with Crippen LogP contribution >= 0.6 is 0 Å². The van der Waals surface area contributed by atoms with E-state index in [1.807, 2.05) is 37.9 Å². The highest BCUT2D eigenvalue weighted by atomic mass is 16.5. The summed E-state index contributed by atoms with van der Waals surface area (Å²) in [5.41, 5.74) is 3.44. The van der Waals surface area contributed by atoms with E-state index in [9.17, 15) is 4.79 Å². The predicted molar refractivity (Wildman–Crippen MR) is 81.5 cm³/mol. The van der Waals surface area contributed by atoms with E-state index in [2.05, 4.69) is 10.1 Å². The van der Waals surface area contributed by atoms with Crippen molar-refractivity contribution in [2.24, 2.45) is 7.05 Å². The van der Waals surface area contributed by atoms with Crippen molar-refractivity contribution in [3.8, 4) is 0 Å². The van der Waals surface area contributed by atoms with Crippen LogP contribution in [0, 0.1) is 13.8 Å². The normalized spacial score (nSPS) is 18.5. The van der Waals surface area contributed by atoms with E-state index in [-0.39, 0.29) is 12.0 Å². The summed E-state index contributed by atoms with van der Waals surface area (Å²) in [4.78, 5) is 18.7. The number of morpholine rings is 1. The summed E-state index contributed by atoms with van der Waals surface area (Å²) in [6, 6.07) is 3.95. The lowest BCUT2D eigenvalue weighted by molar-refractivity contribution is -0.0229. The minimum Gasteiger partial charge on any atom is -0.370 e. The van der Waals surface area contributed by atoms with Crippen LogP contribution in [-0.4, -0.2) is 45.3 Å². The van der Waals surface area contributed by atoms with Gasteiger partial charge in [0, 0.05) is 31.7 Å². The molecular formula is C16H20N4O2. The molecule has 0 N–H and O–H groups in total. The number of hydrogen-bond acceptors (Lipinski definition) is 4. The van der Waals surface area contributed by atoms with Gasteiger partial charge >= 0.3 is 0 Å². The lowest BCUT2D eigenvalue weighted by Gasteiger charge is -2.33. The van der Waals surface area contributed by atoms with Crippen LogP contribution in [0.5, 0.6) is 0 Å². The first kappa shape index (κ1) is 14.7. The molecule has 2 aromatic rings. The van der Waals surface area contributed by atoms with Crippen molar-refractivity contribution < 1.29 is 9.53 Å². The Bertz CT molecular complexity index is 695. The molecule has 0 radical (unpaired) electrons. The van der Waals surface area contributed by atoms with Gasteiger partial charge in [0.2, 0.25) is 0 Å². The summed E-state index contributed by atoms with van der Waals surface area (Å²) in [5, 5.41) is 4.25. The maximum Gasteiger partial charge on any atom is 0.257 e. The second-order valence-electron chi connectivity index (χ2n) is 5.64. The van der Waals surface area contributed by atoms with Crippen LogP contribution < -0.4 is 0 Å². The molecule has 0 saturated carbocycles. The average molecular weight is 300 g/mol. The fourth-order valence-corrected chi connectivity index (χ4v) is 2.78. The molecule has 1 aliphatic heterocycles. The predicted octanol–water partition coefficient (Wildman–Crippen LogP) is 1.65. The summed E-state index contributed by atoms with van der Waals surface area (Å²) in [6.45, 7) is 5.51. The molecule has 116 valence electrons. The van der Waals surface area contributed by atoms with E-state index in [1.165, 1.54) is 0 Å². The number of aromatic nitrogens is 3. The van der Waals surface area contributed by atoms with E-state index >= 15 is 0 Å². The molecule has 6 heteroatoms. The van der Waals surface area contributed by atoms with Gasteiger partial charge in [-0.3, -0.25) is 14.5 Å². The zero-order chi connectivity index (χ0) is 15.7. The molecule has 3 rings (SSSR count). The number of hydrogen-bond donors (Lipinski definition) is 0. The van der Waals surface area contributed by atoms with E-state index in [1.54, 1.807) is 17.1 Å². The average Bonchev–Trinajstić information content (AvgIpc) is 2.85. The molecular weight excluding hydrogens is 280 g/mol. The van der Waals surface area contributed by atoms with Gasteiger partial charge in [-0.15, -0.1) is 0 Å². The molecule has 6 nitrogen and oxygen atoms in total. The number of ether oxygens (including phenoxy) is 1. The van der Waals surface area contributed by atoms with Crippen molar-refractivity contribution in [3.63, 3.8) is 0 Å². The van der Waals surface area contributed by atoms with E-state index in [0.717, 1.165) is 17.0 Å². The molecule has 2 aromatic heterocycles. The second-order valence-corrected chi connectivity index (χ2v) is 5.64. The summed E-state index contributed by atoms with van der Waals surface area (Å²) >= 11 is 0. The highest BCUT2D eigenvalue weighted by Crippen LogP contribution is 2.23. The van der Waals surface area contributed by atoms with Crippen LogP contribution in [0.25, 0.3) is 0 Å². The van der Waals surface area contributed by atoms with Crippen LogP contribution in [0.15, 0.2) is 24.5 Å². The monoisotopic (exact) mass is 300 g/mol. The standard InChI is InChI=1S/C16H20N4O2/c1-11-8-13(4-5-17-11)15-10-20(6-7-22-15)16(21)14-9-19(3)18-12(14)2/h4-5,8-9,15H,6-7,10H2,1-3H3. The Morgan fingerprint density at radius 2 is 2.23 bits per heavy atom. The van der Waals surface area contributed by atoms with Crippen molar-refractivity contribution in [2.75, 3.05) is 19.7 Å². The first-order valence-corrected chi connectivity index (χ1v) is 7.38. The molecule has 1 saturated heterocycles. The van der Waals surface area contributed by atoms with Gasteiger partial charge in [0.1, 0.15) is 6.10 Å². The number of carbonyl (C=O) groups excluding carboxylic acids is 1. The molecule has 0 bridgehead atoms. The maximum atomic E-state index is 12.7. The zero-order valence-electron chi connectivity index (χ0n) is 13.1. The first-order valence-electron chi connectivity index (χ1n) is 7.38. The summed E-state index contributed by atoms with van der Waals surface area (Å²) in [5.74, 6) is 0.0182. The molecule has 22 heavy (non-hydrogen) atoms. The molecule has 1 unspecified atom stereocenters. The molecule has 1 atom stereocenters. The van der Waals surface area contributed by atoms with Crippen LogP contribution in [0.1, 0.15) is 33.4 Å². The third-order valence-corrected chi connectivity index (χ3v) is 3.89. The number of pyridine rings is 1.